The number of rotatable bonds is 7. The van der Waals surface area contributed by atoms with Crippen LogP contribution >= 0.6 is 23.6 Å². The van der Waals surface area contributed by atoms with Gasteiger partial charge in [0.05, 0.1) is 4.88 Å². The van der Waals surface area contributed by atoms with Gasteiger partial charge in [-0.25, -0.2) is 8.42 Å². The molecule has 0 radical (unpaired) electrons. The molecule has 1 rings (SSSR count). The minimum atomic E-state index is -3.51. The number of thiophene rings is 1. The molecule has 8 heteroatoms. The molecule has 0 aliphatic carbocycles. The molecule has 0 atom stereocenters. The molecule has 1 aromatic rings. The average molecular weight is 308 g/mol. The third-order valence-electron chi connectivity index (χ3n) is 2.34. The Hall–Kier alpha value is -0.540. The minimum absolute atomic E-state index is 0.0331. The Labute approximate surface area is 116 Å². The topological polar surface area (TPSA) is 83.6 Å². The van der Waals surface area contributed by atoms with Crippen LogP contribution in [0.2, 0.25) is 0 Å². The maximum atomic E-state index is 12.3. The zero-order chi connectivity index (χ0) is 13.8. The number of thiocarbonyl (C=S) groups is 1. The van der Waals surface area contributed by atoms with Gasteiger partial charge in [0.25, 0.3) is 10.0 Å². The van der Waals surface area contributed by atoms with Crippen molar-refractivity contribution in [2.45, 2.75) is 17.6 Å². The third-order valence-corrected chi connectivity index (χ3v) is 6.25. The second kappa shape index (κ2) is 6.58. The van der Waals surface area contributed by atoms with E-state index in [4.69, 9.17) is 23.1 Å². The van der Waals surface area contributed by atoms with Crippen LogP contribution in [0.5, 0.6) is 0 Å². The summed E-state index contributed by atoms with van der Waals surface area (Å²) in [6.45, 7) is 2.39. The summed E-state index contributed by atoms with van der Waals surface area (Å²) in [7, 11) is -3.51. The second-order valence-corrected chi connectivity index (χ2v) is 7.25. The molecule has 0 spiro atoms. The zero-order valence-corrected chi connectivity index (χ0v) is 12.4. The van der Waals surface area contributed by atoms with Crippen LogP contribution in [-0.4, -0.2) is 42.5 Å². The quantitative estimate of drug-likeness (QED) is 0.727. The van der Waals surface area contributed by atoms with Crippen LogP contribution in [0, 0.1) is 0 Å². The number of sulfonamides is 1. The van der Waals surface area contributed by atoms with Gasteiger partial charge in [0.2, 0.25) is 0 Å². The second-order valence-electron chi connectivity index (χ2n) is 3.56. The van der Waals surface area contributed by atoms with Crippen molar-refractivity contribution in [3.05, 3.63) is 17.0 Å². The highest BCUT2D eigenvalue weighted by atomic mass is 32.2. The fraction of sp³-hybridized carbons (Fsp3) is 0.500. The Morgan fingerprint density at radius 2 is 2.22 bits per heavy atom. The highest BCUT2D eigenvalue weighted by Crippen LogP contribution is 2.24. The van der Waals surface area contributed by atoms with Gasteiger partial charge in [0.15, 0.2) is 0 Å². The van der Waals surface area contributed by atoms with E-state index in [0.717, 1.165) is 11.3 Å². The molecule has 102 valence electrons. The van der Waals surface area contributed by atoms with Gasteiger partial charge in [0, 0.05) is 19.7 Å². The van der Waals surface area contributed by atoms with E-state index >= 15 is 0 Å². The van der Waals surface area contributed by atoms with Crippen molar-refractivity contribution in [3.8, 4) is 0 Å². The molecule has 0 aliphatic rings. The molecule has 1 heterocycles. The smallest absolute Gasteiger partial charge is 0.252 e. The Morgan fingerprint density at radius 1 is 1.56 bits per heavy atom. The Kier molecular flexibility index (Phi) is 5.67. The SMILES string of the molecule is CCN(CCCO)S(=O)(=O)c1ccc(C(N)=S)s1. The van der Waals surface area contributed by atoms with Gasteiger partial charge >= 0.3 is 0 Å². The predicted octanol–water partition coefficient (Wildman–Crippen LogP) is 0.775. The van der Waals surface area contributed by atoms with Gasteiger partial charge in [-0.2, -0.15) is 4.31 Å². The van der Waals surface area contributed by atoms with Crippen molar-refractivity contribution >= 4 is 38.6 Å². The van der Waals surface area contributed by atoms with E-state index in [0.29, 0.717) is 24.4 Å². The monoisotopic (exact) mass is 308 g/mol. The van der Waals surface area contributed by atoms with Crippen LogP contribution < -0.4 is 5.73 Å². The summed E-state index contributed by atoms with van der Waals surface area (Å²) in [6.07, 6.45) is 0.417. The average Bonchev–Trinajstić information content (AvgIpc) is 2.79. The number of nitrogens with zero attached hydrogens (tertiary/aromatic N) is 1. The first kappa shape index (κ1) is 15.5. The van der Waals surface area contributed by atoms with Gasteiger partial charge in [-0.05, 0) is 18.6 Å². The molecule has 18 heavy (non-hydrogen) atoms. The first-order valence-electron chi connectivity index (χ1n) is 5.44. The lowest BCUT2D eigenvalue weighted by Crippen LogP contribution is -2.31. The molecule has 0 aliphatic heterocycles. The van der Waals surface area contributed by atoms with E-state index < -0.39 is 10.0 Å². The highest BCUT2D eigenvalue weighted by molar-refractivity contribution is 7.91. The fourth-order valence-corrected chi connectivity index (χ4v) is 4.41. The number of hydrogen-bond donors (Lipinski definition) is 2. The van der Waals surface area contributed by atoms with E-state index in [1.807, 2.05) is 0 Å². The third kappa shape index (κ3) is 3.48. The molecule has 0 saturated carbocycles. The maximum absolute atomic E-state index is 12.3. The van der Waals surface area contributed by atoms with Crippen LogP contribution in [0.25, 0.3) is 0 Å². The lowest BCUT2D eigenvalue weighted by Gasteiger charge is -2.18. The lowest BCUT2D eigenvalue weighted by atomic mass is 10.4. The normalized spacial score (nSPS) is 11.9. The lowest BCUT2D eigenvalue weighted by molar-refractivity contribution is 0.271. The van der Waals surface area contributed by atoms with Gasteiger partial charge in [-0.1, -0.05) is 19.1 Å². The molecule has 0 bridgehead atoms. The maximum Gasteiger partial charge on any atom is 0.252 e. The standard InChI is InChI=1S/C10H16N2O3S3/c1-2-12(6-3-7-13)18(14,15)9-5-4-8(17-9)10(11)16/h4-5,13H,2-3,6-7H2,1H3,(H2,11,16). The van der Waals surface area contributed by atoms with Crippen molar-refractivity contribution in [1.29, 1.82) is 0 Å². The summed E-state index contributed by atoms with van der Waals surface area (Å²) in [5.74, 6) is 0. The van der Waals surface area contributed by atoms with E-state index in [2.05, 4.69) is 0 Å². The molecule has 0 aromatic carbocycles. The van der Waals surface area contributed by atoms with Crippen LogP contribution in [0.4, 0.5) is 0 Å². The zero-order valence-electron chi connectivity index (χ0n) is 10.00. The molecule has 0 unspecified atom stereocenters. The number of nitrogens with two attached hydrogens (primary N) is 1. The summed E-state index contributed by atoms with van der Waals surface area (Å²) in [6, 6.07) is 3.12. The number of aliphatic hydroxyl groups is 1. The van der Waals surface area contributed by atoms with Gasteiger partial charge in [-0.3, -0.25) is 0 Å². The number of aliphatic hydroxyl groups excluding tert-OH is 1. The van der Waals surface area contributed by atoms with Crippen molar-refractivity contribution < 1.29 is 13.5 Å². The molecule has 0 fully saturated rings. The van der Waals surface area contributed by atoms with E-state index in [1.165, 1.54) is 10.4 Å². The highest BCUT2D eigenvalue weighted by Gasteiger charge is 2.24. The summed E-state index contributed by atoms with van der Waals surface area (Å²) in [5.41, 5.74) is 5.46. The molecule has 0 amide bonds. The van der Waals surface area contributed by atoms with Gasteiger partial charge in [0.1, 0.15) is 9.20 Å². The Morgan fingerprint density at radius 3 is 2.67 bits per heavy atom. The first-order chi connectivity index (χ1) is 8.43. The van der Waals surface area contributed by atoms with Crippen LogP contribution in [0.15, 0.2) is 16.3 Å². The molecule has 0 saturated heterocycles. The van der Waals surface area contributed by atoms with E-state index in [1.54, 1.807) is 13.0 Å². The van der Waals surface area contributed by atoms with Gasteiger partial charge in [-0.15, -0.1) is 11.3 Å². The van der Waals surface area contributed by atoms with Crippen LogP contribution in [0.1, 0.15) is 18.2 Å². The van der Waals surface area contributed by atoms with Crippen molar-refractivity contribution in [2.24, 2.45) is 5.73 Å². The van der Waals surface area contributed by atoms with Crippen LogP contribution in [-0.2, 0) is 10.0 Å². The molecule has 5 nitrogen and oxygen atoms in total. The summed E-state index contributed by atoms with van der Waals surface area (Å²) in [4.78, 5) is 0.779. The van der Waals surface area contributed by atoms with E-state index in [-0.39, 0.29) is 15.8 Å². The Balaban J connectivity index is 2.99. The summed E-state index contributed by atoms with van der Waals surface area (Å²) >= 11 is 5.88. The first-order valence-corrected chi connectivity index (χ1v) is 8.10. The van der Waals surface area contributed by atoms with Crippen molar-refractivity contribution in [1.82, 2.24) is 4.31 Å². The van der Waals surface area contributed by atoms with Gasteiger partial charge < -0.3 is 10.8 Å². The van der Waals surface area contributed by atoms with E-state index in [9.17, 15) is 8.42 Å². The molecular weight excluding hydrogens is 292 g/mol. The van der Waals surface area contributed by atoms with Crippen molar-refractivity contribution in [2.75, 3.05) is 19.7 Å². The molecule has 3 N–H and O–H groups in total. The number of hydrogen-bond acceptors (Lipinski definition) is 5. The predicted molar refractivity (Wildman–Crippen MR) is 76.3 cm³/mol. The fourth-order valence-electron chi connectivity index (χ4n) is 1.41. The molecule has 1 aromatic heterocycles. The minimum Gasteiger partial charge on any atom is -0.396 e. The largest absolute Gasteiger partial charge is 0.396 e. The van der Waals surface area contributed by atoms with Crippen LogP contribution in [0.3, 0.4) is 0 Å². The summed E-state index contributed by atoms with van der Waals surface area (Å²) in [5, 5.41) is 8.77. The Bertz CT molecular complexity index is 510. The summed E-state index contributed by atoms with van der Waals surface area (Å²) < 4.78 is 26.1. The van der Waals surface area contributed by atoms with Crippen molar-refractivity contribution in [3.63, 3.8) is 0 Å². The molecular formula is C10H16N2O3S3.